The molecule has 3 saturated carbocycles. The third kappa shape index (κ3) is 3.23. The fraction of sp³-hybridized carbons (Fsp3) is 1.00. The second-order valence-corrected chi connectivity index (χ2v) is 6.50. The lowest BCUT2D eigenvalue weighted by Crippen LogP contribution is -2.35. The van der Waals surface area contributed by atoms with Gasteiger partial charge in [-0.25, -0.2) is 0 Å². The lowest BCUT2D eigenvalue weighted by Gasteiger charge is -2.30. The van der Waals surface area contributed by atoms with Crippen LogP contribution < -0.4 is 5.32 Å². The van der Waals surface area contributed by atoms with Crippen LogP contribution in [0.3, 0.4) is 0 Å². The predicted molar refractivity (Wildman–Crippen MR) is 68.4 cm³/mol. The van der Waals surface area contributed by atoms with Crippen molar-refractivity contribution in [1.29, 1.82) is 0 Å². The molecule has 1 heteroatoms. The fourth-order valence-electron chi connectivity index (χ4n) is 3.51. The van der Waals surface area contributed by atoms with E-state index in [0.29, 0.717) is 0 Å². The molecule has 0 heterocycles. The van der Waals surface area contributed by atoms with Gasteiger partial charge in [-0.05, 0) is 62.8 Å². The van der Waals surface area contributed by atoms with Gasteiger partial charge in [0.2, 0.25) is 0 Å². The molecule has 0 radical (unpaired) electrons. The standard InChI is InChI=1S/C15H27N/c1-4-14(13-8-9-13)11-15(5-1)16-10-2-3-12-6-7-12/h12-16H,1-11H2. The van der Waals surface area contributed by atoms with Crippen molar-refractivity contribution in [2.24, 2.45) is 17.8 Å². The van der Waals surface area contributed by atoms with E-state index < -0.39 is 0 Å². The lowest BCUT2D eigenvalue weighted by molar-refractivity contribution is 0.260. The van der Waals surface area contributed by atoms with Crippen LogP contribution in [-0.2, 0) is 0 Å². The summed E-state index contributed by atoms with van der Waals surface area (Å²) in [5, 5.41) is 3.82. The number of rotatable bonds is 6. The van der Waals surface area contributed by atoms with Gasteiger partial charge in [-0.2, -0.15) is 0 Å². The van der Waals surface area contributed by atoms with E-state index in [0.717, 1.165) is 23.8 Å². The molecule has 2 unspecified atom stereocenters. The van der Waals surface area contributed by atoms with Crippen LogP contribution in [0.5, 0.6) is 0 Å². The van der Waals surface area contributed by atoms with E-state index in [1.807, 2.05) is 0 Å². The molecule has 0 amide bonds. The van der Waals surface area contributed by atoms with E-state index in [1.54, 1.807) is 12.8 Å². The van der Waals surface area contributed by atoms with Gasteiger partial charge in [0.15, 0.2) is 0 Å². The molecule has 3 aliphatic rings. The van der Waals surface area contributed by atoms with Crippen molar-refractivity contribution in [2.45, 2.75) is 70.3 Å². The molecule has 3 aliphatic carbocycles. The summed E-state index contributed by atoms with van der Waals surface area (Å²) >= 11 is 0. The molecular formula is C15H27N. The Morgan fingerprint density at radius 3 is 2.50 bits per heavy atom. The minimum Gasteiger partial charge on any atom is -0.314 e. The molecule has 0 aliphatic heterocycles. The monoisotopic (exact) mass is 221 g/mol. The van der Waals surface area contributed by atoms with Gasteiger partial charge in [-0.3, -0.25) is 0 Å². The molecule has 2 atom stereocenters. The summed E-state index contributed by atoms with van der Waals surface area (Å²) in [5.74, 6) is 3.35. The van der Waals surface area contributed by atoms with Crippen molar-refractivity contribution in [3.05, 3.63) is 0 Å². The van der Waals surface area contributed by atoms with Crippen LogP contribution in [0.4, 0.5) is 0 Å². The predicted octanol–water partition coefficient (Wildman–Crippen LogP) is 3.74. The molecule has 1 N–H and O–H groups in total. The molecule has 92 valence electrons. The van der Waals surface area contributed by atoms with Gasteiger partial charge in [0.25, 0.3) is 0 Å². The van der Waals surface area contributed by atoms with Crippen LogP contribution in [0.25, 0.3) is 0 Å². The topological polar surface area (TPSA) is 12.0 Å². The summed E-state index contributed by atoms with van der Waals surface area (Å²) in [4.78, 5) is 0. The summed E-state index contributed by atoms with van der Waals surface area (Å²) in [7, 11) is 0. The Kier molecular flexibility index (Phi) is 3.51. The molecule has 1 nitrogen and oxygen atoms in total. The Morgan fingerprint density at radius 1 is 0.875 bits per heavy atom. The molecule has 0 aromatic carbocycles. The average molecular weight is 221 g/mol. The zero-order valence-corrected chi connectivity index (χ0v) is 10.6. The maximum atomic E-state index is 3.82. The summed E-state index contributed by atoms with van der Waals surface area (Å²) in [5.41, 5.74) is 0. The van der Waals surface area contributed by atoms with E-state index in [4.69, 9.17) is 0 Å². The Hall–Kier alpha value is -0.0400. The van der Waals surface area contributed by atoms with Crippen molar-refractivity contribution >= 4 is 0 Å². The Balaban J connectivity index is 1.30. The van der Waals surface area contributed by atoms with Gasteiger partial charge in [0.05, 0.1) is 0 Å². The van der Waals surface area contributed by atoms with E-state index in [9.17, 15) is 0 Å². The largest absolute Gasteiger partial charge is 0.314 e. The normalized spacial score (nSPS) is 35.2. The second-order valence-electron chi connectivity index (χ2n) is 6.50. The number of hydrogen-bond donors (Lipinski definition) is 1. The zero-order chi connectivity index (χ0) is 10.8. The zero-order valence-electron chi connectivity index (χ0n) is 10.6. The smallest absolute Gasteiger partial charge is 0.00698 e. The molecule has 0 bridgehead atoms. The number of nitrogens with one attached hydrogen (secondary N) is 1. The fourth-order valence-corrected chi connectivity index (χ4v) is 3.51. The maximum Gasteiger partial charge on any atom is 0.00698 e. The average Bonchev–Trinajstić information content (AvgIpc) is 3.18. The van der Waals surface area contributed by atoms with Crippen LogP contribution >= 0.6 is 0 Å². The van der Waals surface area contributed by atoms with Gasteiger partial charge in [0.1, 0.15) is 0 Å². The van der Waals surface area contributed by atoms with E-state index in [1.165, 1.54) is 57.9 Å². The van der Waals surface area contributed by atoms with Crippen molar-refractivity contribution in [3.63, 3.8) is 0 Å². The minimum atomic E-state index is 0.874. The third-order valence-electron chi connectivity index (χ3n) is 4.92. The summed E-state index contributed by atoms with van der Waals surface area (Å²) in [6, 6.07) is 0.874. The quantitative estimate of drug-likeness (QED) is 0.674. The van der Waals surface area contributed by atoms with E-state index in [-0.39, 0.29) is 0 Å². The highest BCUT2D eigenvalue weighted by Gasteiger charge is 2.34. The minimum absolute atomic E-state index is 0.874. The van der Waals surface area contributed by atoms with Crippen LogP contribution in [0.15, 0.2) is 0 Å². The first-order valence-electron chi connectivity index (χ1n) is 7.65. The first-order chi connectivity index (χ1) is 7.92. The molecule has 16 heavy (non-hydrogen) atoms. The van der Waals surface area contributed by atoms with Crippen LogP contribution in [-0.4, -0.2) is 12.6 Å². The number of hydrogen-bond acceptors (Lipinski definition) is 1. The van der Waals surface area contributed by atoms with Crippen LogP contribution in [0, 0.1) is 17.8 Å². The van der Waals surface area contributed by atoms with Gasteiger partial charge in [-0.15, -0.1) is 0 Å². The SMILES string of the molecule is C(CNC1CCCC(C2CC2)C1)CC1CC1. The molecule has 0 saturated heterocycles. The molecule has 3 fully saturated rings. The van der Waals surface area contributed by atoms with Crippen molar-refractivity contribution in [3.8, 4) is 0 Å². The third-order valence-corrected chi connectivity index (χ3v) is 4.92. The molecule has 0 spiro atoms. The molecule has 3 rings (SSSR count). The van der Waals surface area contributed by atoms with Gasteiger partial charge >= 0.3 is 0 Å². The summed E-state index contributed by atoms with van der Waals surface area (Å²) in [6.45, 7) is 1.29. The van der Waals surface area contributed by atoms with Gasteiger partial charge in [-0.1, -0.05) is 25.7 Å². The van der Waals surface area contributed by atoms with Crippen molar-refractivity contribution < 1.29 is 0 Å². The highest BCUT2D eigenvalue weighted by atomic mass is 14.9. The van der Waals surface area contributed by atoms with Crippen LogP contribution in [0.1, 0.15) is 64.2 Å². The molecule has 0 aromatic heterocycles. The lowest BCUT2D eigenvalue weighted by atomic mass is 9.82. The summed E-state index contributed by atoms with van der Waals surface area (Å²) < 4.78 is 0. The highest BCUT2D eigenvalue weighted by molar-refractivity contribution is 4.87. The van der Waals surface area contributed by atoms with E-state index >= 15 is 0 Å². The Morgan fingerprint density at radius 2 is 1.75 bits per heavy atom. The molecular weight excluding hydrogens is 194 g/mol. The first kappa shape index (κ1) is 11.1. The van der Waals surface area contributed by atoms with Crippen molar-refractivity contribution in [2.75, 3.05) is 6.54 Å². The molecule has 0 aromatic rings. The second kappa shape index (κ2) is 5.08. The van der Waals surface area contributed by atoms with Gasteiger partial charge in [0, 0.05) is 6.04 Å². The summed E-state index contributed by atoms with van der Waals surface area (Å²) in [6.07, 6.45) is 15.0. The Labute approximate surface area is 100 Å². The Bertz CT molecular complexity index is 217. The highest BCUT2D eigenvalue weighted by Crippen LogP contribution is 2.43. The van der Waals surface area contributed by atoms with Crippen LogP contribution in [0.2, 0.25) is 0 Å². The van der Waals surface area contributed by atoms with E-state index in [2.05, 4.69) is 5.32 Å². The first-order valence-corrected chi connectivity index (χ1v) is 7.65. The van der Waals surface area contributed by atoms with Crippen molar-refractivity contribution in [1.82, 2.24) is 5.32 Å². The van der Waals surface area contributed by atoms with Gasteiger partial charge < -0.3 is 5.32 Å². The maximum absolute atomic E-state index is 3.82.